The molecule has 2 rings (SSSR count). The van der Waals surface area contributed by atoms with Crippen LogP contribution in [-0.2, 0) is 5.54 Å². The quantitative estimate of drug-likeness (QED) is 0.926. The van der Waals surface area contributed by atoms with Crippen molar-refractivity contribution in [2.75, 3.05) is 7.11 Å². The van der Waals surface area contributed by atoms with E-state index in [-0.39, 0.29) is 5.82 Å². The predicted molar refractivity (Wildman–Crippen MR) is 79.5 cm³/mol. The van der Waals surface area contributed by atoms with Crippen LogP contribution in [0.25, 0.3) is 0 Å². The molecule has 2 nitrogen and oxygen atoms in total. The summed E-state index contributed by atoms with van der Waals surface area (Å²) in [5.41, 5.74) is 8.63. The normalized spacial score (nSPS) is 13.9. The van der Waals surface area contributed by atoms with Crippen LogP contribution >= 0.6 is 0 Å². The lowest BCUT2D eigenvalue weighted by atomic mass is 9.82. The molecule has 0 saturated carbocycles. The summed E-state index contributed by atoms with van der Waals surface area (Å²) in [7, 11) is 1.60. The smallest absolute Gasteiger partial charge is 0.129 e. The predicted octanol–water partition coefficient (Wildman–Crippen LogP) is 3.67. The molecule has 2 N–H and O–H groups in total. The lowest BCUT2D eigenvalue weighted by Gasteiger charge is -2.28. The van der Waals surface area contributed by atoms with Crippen molar-refractivity contribution in [1.82, 2.24) is 0 Å². The molecule has 2 aromatic carbocycles. The van der Waals surface area contributed by atoms with E-state index in [4.69, 9.17) is 10.5 Å². The summed E-state index contributed by atoms with van der Waals surface area (Å²) in [6, 6.07) is 10.9. The van der Waals surface area contributed by atoms with Gasteiger partial charge in [-0.1, -0.05) is 18.2 Å². The Morgan fingerprint density at radius 2 is 1.85 bits per heavy atom. The first-order chi connectivity index (χ1) is 9.36. The minimum absolute atomic E-state index is 0.268. The summed E-state index contributed by atoms with van der Waals surface area (Å²) in [5.74, 6) is 0.444. The molecule has 1 atom stereocenters. The summed E-state index contributed by atoms with van der Waals surface area (Å²) in [6.07, 6.45) is 0. The van der Waals surface area contributed by atoms with Gasteiger partial charge in [0.15, 0.2) is 0 Å². The van der Waals surface area contributed by atoms with Crippen molar-refractivity contribution < 1.29 is 9.13 Å². The molecule has 0 spiro atoms. The molecule has 3 heteroatoms. The minimum Gasteiger partial charge on any atom is -0.497 e. The summed E-state index contributed by atoms with van der Waals surface area (Å²) in [5, 5.41) is 0. The molecule has 0 aromatic heterocycles. The van der Waals surface area contributed by atoms with Crippen LogP contribution in [0.3, 0.4) is 0 Å². The number of rotatable bonds is 3. The molecule has 1 unspecified atom stereocenters. The van der Waals surface area contributed by atoms with Crippen molar-refractivity contribution >= 4 is 0 Å². The maximum Gasteiger partial charge on any atom is 0.129 e. The first-order valence-electron chi connectivity index (χ1n) is 6.57. The molecule has 0 amide bonds. The third kappa shape index (κ3) is 2.54. The van der Waals surface area contributed by atoms with E-state index < -0.39 is 5.54 Å². The molecule has 0 aliphatic rings. The fourth-order valence-electron chi connectivity index (χ4n) is 2.66. The molecule has 0 radical (unpaired) electrons. The van der Waals surface area contributed by atoms with Crippen molar-refractivity contribution in [3.05, 3.63) is 64.5 Å². The van der Waals surface area contributed by atoms with Crippen LogP contribution in [0, 0.1) is 19.7 Å². The van der Waals surface area contributed by atoms with Gasteiger partial charge in [0.1, 0.15) is 11.6 Å². The molecular formula is C17H20FNO. The number of aryl methyl sites for hydroxylation is 2. The monoisotopic (exact) mass is 273 g/mol. The summed E-state index contributed by atoms with van der Waals surface area (Å²) >= 11 is 0. The summed E-state index contributed by atoms with van der Waals surface area (Å²) in [4.78, 5) is 0. The maximum atomic E-state index is 14.4. The number of halogens is 1. The SMILES string of the molecule is COc1cccc(C(C)(N)c2c(C)cc(C)cc2F)c1. The number of benzene rings is 2. The number of hydrogen-bond donors (Lipinski definition) is 1. The second-order valence-corrected chi connectivity index (χ2v) is 5.37. The molecule has 0 heterocycles. The zero-order valence-electron chi connectivity index (χ0n) is 12.3. The van der Waals surface area contributed by atoms with Gasteiger partial charge in [-0.15, -0.1) is 0 Å². The Labute approximate surface area is 119 Å². The first kappa shape index (κ1) is 14.5. The van der Waals surface area contributed by atoms with Crippen LogP contribution in [0.2, 0.25) is 0 Å². The van der Waals surface area contributed by atoms with Crippen LogP contribution < -0.4 is 10.5 Å². The third-order valence-electron chi connectivity index (χ3n) is 3.62. The van der Waals surface area contributed by atoms with Crippen molar-refractivity contribution in [1.29, 1.82) is 0 Å². The lowest BCUT2D eigenvalue weighted by molar-refractivity contribution is 0.412. The second-order valence-electron chi connectivity index (χ2n) is 5.37. The number of hydrogen-bond acceptors (Lipinski definition) is 2. The zero-order valence-corrected chi connectivity index (χ0v) is 12.3. The average molecular weight is 273 g/mol. The molecule has 0 aliphatic carbocycles. The highest BCUT2D eigenvalue weighted by molar-refractivity contribution is 5.45. The van der Waals surface area contributed by atoms with Crippen molar-refractivity contribution in [3.63, 3.8) is 0 Å². The molecule has 106 valence electrons. The highest BCUT2D eigenvalue weighted by Crippen LogP contribution is 2.33. The minimum atomic E-state index is -0.906. The van der Waals surface area contributed by atoms with Gasteiger partial charge in [-0.3, -0.25) is 0 Å². The largest absolute Gasteiger partial charge is 0.497 e. The van der Waals surface area contributed by atoms with E-state index in [1.807, 2.05) is 51.1 Å². The van der Waals surface area contributed by atoms with Crippen LogP contribution in [0.1, 0.15) is 29.2 Å². The topological polar surface area (TPSA) is 35.2 Å². The Hall–Kier alpha value is -1.87. The van der Waals surface area contributed by atoms with Gasteiger partial charge in [-0.05, 0) is 55.7 Å². The van der Waals surface area contributed by atoms with Gasteiger partial charge >= 0.3 is 0 Å². The number of nitrogens with two attached hydrogens (primary N) is 1. The van der Waals surface area contributed by atoms with Gasteiger partial charge in [-0.2, -0.15) is 0 Å². The molecule has 0 bridgehead atoms. The highest BCUT2D eigenvalue weighted by atomic mass is 19.1. The van der Waals surface area contributed by atoms with E-state index in [1.54, 1.807) is 7.11 Å². The molecule has 0 aliphatic heterocycles. The second kappa shape index (κ2) is 5.25. The third-order valence-corrected chi connectivity index (χ3v) is 3.62. The Morgan fingerprint density at radius 3 is 2.45 bits per heavy atom. The van der Waals surface area contributed by atoms with Crippen LogP contribution in [0.15, 0.2) is 36.4 Å². The van der Waals surface area contributed by atoms with Crippen molar-refractivity contribution in [3.8, 4) is 5.75 Å². The lowest BCUT2D eigenvalue weighted by Crippen LogP contribution is -2.36. The van der Waals surface area contributed by atoms with Gasteiger partial charge in [0.25, 0.3) is 0 Å². The Balaban J connectivity index is 2.60. The van der Waals surface area contributed by atoms with Gasteiger partial charge in [-0.25, -0.2) is 4.39 Å². The van der Waals surface area contributed by atoms with E-state index in [1.165, 1.54) is 6.07 Å². The maximum absolute atomic E-state index is 14.4. The van der Waals surface area contributed by atoms with E-state index in [9.17, 15) is 4.39 Å². The molecule has 0 saturated heterocycles. The summed E-state index contributed by atoms with van der Waals surface area (Å²) < 4.78 is 19.6. The van der Waals surface area contributed by atoms with Crippen LogP contribution in [0.4, 0.5) is 4.39 Å². The fraction of sp³-hybridized carbons (Fsp3) is 0.294. The van der Waals surface area contributed by atoms with Crippen LogP contribution in [0.5, 0.6) is 5.75 Å². The van der Waals surface area contributed by atoms with E-state index in [0.29, 0.717) is 11.3 Å². The number of methoxy groups -OCH3 is 1. The summed E-state index contributed by atoms with van der Waals surface area (Å²) in [6.45, 7) is 5.58. The Kier molecular flexibility index (Phi) is 3.82. The van der Waals surface area contributed by atoms with Gasteiger partial charge < -0.3 is 10.5 Å². The van der Waals surface area contributed by atoms with Gasteiger partial charge in [0.2, 0.25) is 0 Å². The Bertz CT molecular complexity index is 612. The molecule has 20 heavy (non-hydrogen) atoms. The number of ether oxygens (including phenoxy) is 1. The average Bonchev–Trinajstić information content (AvgIpc) is 2.37. The molecular weight excluding hydrogens is 253 g/mol. The Morgan fingerprint density at radius 1 is 1.15 bits per heavy atom. The van der Waals surface area contributed by atoms with Crippen LogP contribution in [-0.4, -0.2) is 7.11 Å². The van der Waals surface area contributed by atoms with E-state index in [0.717, 1.165) is 16.7 Å². The molecule has 2 aromatic rings. The van der Waals surface area contributed by atoms with E-state index >= 15 is 0 Å². The van der Waals surface area contributed by atoms with Gasteiger partial charge in [0.05, 0.1) is 12.6 Å². The van der Waals surface area contributed by atoms with Crippen molar-refractivity contribution in [2.24, 2.45) is 5.73 Å². The van der Waals surface area contributed by atoms with Crippen molar-refractivity contribution in [2.45, 2.75) is 26.3 Å². The fourth-order valence-corrected chi connectivity index (χ4v) is 2.66. The first-order valence-corrected chi connectivity index (χ1v) is 6.57. The standard InChI is InChI=1S/C17H20FNO/c1-11-8-12(2)16(15(18)9-11)17(3,19)13-6-5-7-14(10-13)20-4/h5-10H,19H2,1-4H3. The molecule has 0 fully saturated rings. The van der Waals surface area contributed by atoms with Gasteiger partial charge in [0, 0.05) is 5.56 Å². The zero-order chi connectivity index (χ0) is 14.9. The highest BCUT2D eigenvalue weighted by Gasteiger charge is 2.29. The van der Waals surface area contributed by atoms with E-state index in [2.05, 4.69) is 0 Å².